The summed E-state index contributed by atoms with van der Waals surface area (Å²) in [6.07, 6.45) is 1.06. The Hall–Kier alpha value is -1.31. The number of benzene rings is 1. The van der Waals surface area contributed by atoms with Crippen LogP contribution in [0.4, 0.5) is 5.69 Å². The molecule has 2 nitrogen and oxygen atoms in total. The minimum Gasteiger partial charge on any atom is -0.374 e. The zero-order valence-corrected chi connectivity index (χ0v) is 8.92. The lowest BCUT2D eigenvalue weighted by Crippen LogP contribution is -2.13. The van der Waals surface area contributed by atoms with Crippen LogP contribution in [-0.2, 0) is 6.42 Å². The van der Waals surface area contributed by atoms with Crippen LogP contribution in [0, 0.1) is 6.92 Å². The molecule has 0 fully saturated rings. The maximum Gasteiger partial charge on any atom is 0.159 e. The number of rotatable bonds is 1. The lowest BCUT2D eigenvalue weighted by Gasteiger charge is -2.15. The van der Waals surface area contributed by atoms with Crippen LogP contribution in [0.3, 0.4) is 0 Å². The van der Waals surface area contributed by atoms with E-state index < -0.39 is 0 Å². The van der Waals surface area contributed by atoms with Crippen molar-refractivity contribution in [3.63, 3.8) is 0 Å². The highest BCUT2D eigenvalue weighted by atomic mass is 16.1. The van der Waals surface area contributed by atoms with Crippen molar-refractivity contribution in [1.82, 2.24) is 0 Å². The first kappa shape index (κ1) is 9.25. The van der Waals surface area contributed by atoms with Crippen molar-refractivity contribution in [3.05, 3.63) is 28.8 Å². The Morgan fingerprint density at radius 1 is 1.43 bits per heavy atom. The molecule has 2 heteroatoms. The topological polar surface area (TPSA) is 20.3 Å². The van der Waals surface area contributed by atoms with Crippen molar-refractivity contribution >= 4 is 11.5 Å². The number of likely N-dealkylation sites (N-methyl/N-ethyl adjacent to an activating group) is 1. The highest BCUT2D eigenvalue weighted by molar-refractivity contribution is 5.95. The Morgan fingerprint density at radius 3 is 2.79 bits per heavy atom. The van der Waals surface area contributed by atoms with Crippen LogP contribution in [0.5, 0.6) is 0 Å². The minimum absolute atomic E-state index is 0.158. The molecule has 0 saturated carbocycles. The molecule has 0 bridgehead atoms. The summed E-state index contributed by atoms with van der Waals surface area (Å²) in [6.45, 7) is 4.77. The molecule has 1 aromatic rings. The van der Waals surface area contributed by atoms with Crippen LogP contribution in [-0.4, -0.2) is 19.4 Å². The van der Waals surface area contributed by atoms with Gasteiger partial charge in [-0.05, 0) is 43.5 Å². The minimum atomic E-state index is 0.158. The van der Waals surface area contributed by atoms with Gasteiger partial charge < -0.3 is 4.90 Å². The van der Waals surface area contributed by atoms with Gasteiger partial charge in [0, 0.05) is 24.8 Å². The third-order valence-electron chi connectivity index (χ3n) is 2.88. The maximum absolute atomic E-state index is 11.3. The van der Waals surface area contributed by atoms with Crippen LogP contribution >= 0.6 is 0 Å². The van der Waals surface area contributed by atoms with Gasteiger partial charge in [-0.1, -0.05) is 0 Å². The predicted molar refractivity (Wildman–Crippen MR) is 58.2 cm³/mol. The number of hydrogen-bond donors (Lipinski definition) is 0. The third kappa shape index (κ3) is 1.31. The van der Waals surface area contributed by atoms with Crippen LogP contribution in [0.1, 0.15) is 28.4 Å². The number of fused-ring (bicyclic) bond motifs is 1. The van der Waals surface area contributed by atoms with Crippen molar-refractivity contribution in [3.8, 4) is 0 Å². The molecule has 0 spiro atoms. The Balaban J connectivity index is 2.57. The molecule has 0 aromatic heterocycles. The van der Waals surface area contributed by atoms with Gasteiger partial charge in [0.1, 0.15) is 0 Å². The summed E-state index contributed by atoms with van der Waals surface area (Å²) < 4.78 is 0. The second-order valence-electron chi connectivity index (χ2n) is 4.03. The van der Waals surface area contributed by atoms with E-state index in [1.165, 1.54) is 16.8 Å². The monoisotopic (exact) mass is 189 g/mol. The Morgan fingerprint density at radius 2 is 2.14 bits per heavy atom. The van der Waals surface area contributed by atoms with Crippen LogP contribution < -0.4 is 4.90 Å². The lowest BCUT2D eigenvalue weighted by atomic mass is 10.0. The number of nitrogens with zero attached hydrogens (tertiary/aromatic N) is 1. The fourth-order valence-electron chi connectivity index (χ4n) is 2.19. The summed E-state index contributed by atoms with van der Waals surface area (Å²) in [5.74, 6) is 0.158. The zero-order chi connectivity index (χ0) is 10.3. The summed E-state index contributed by atoms with van der Waals surface area (Å²) in [4.78, 5) is 13.5. The van der Waals surface area contributed by atoms with Crippen LogP contribution in [0.15, 0.2) is 12.1 Å². The summed E-state index contributed by atoms with van der Waals surface area (Å²) in [6, 6.07) is 4.02. The number of carbonyl (C=O) groups excluding carboxylic acids is 1. The molecule has 1 aromatic carbocycles. The molecule has 2 rings (SSSR count). The van der Waals surface area contributed by atoms with E-state index in [0.717, 1.165) is 18.5 Å². The average Bonchev–Trinajstić information content (AvgIpc) is 2.48. The van der Waals surface area contributed by atoms with Gasteiger partial charge in [0.2, 0.25) is 0 Å². The normalized spacial score (nSPS) is 14.4. The first-order valence-electron chi connectivity index (χ1n) is 4.95. The smallest absolute Gasteiger partial charge is 0.159 e. The molecule has 1 aliphatic rings. The highest BCUT2D eigenvalue weighted by Crippen LogP contribution is 2.31. The standard InChI is InChI=1S/C12H15NO/c1-8-6-11(9(2)14)7-10-4-5-13(3)12(8)10/h6-7H,4-5H2,1-3H3. The molecule has 0 aliphatic carbocycles. The summed E-state index contributed by atoms with van der Waals surface area (Å²) >= 11 is 0. The Bertz CT molecular complexity index is 396. The number of hydrogen-bond acceptors (Lipinski definition) is 2. The van der Waals surface area contributed by atoms with Gasteiger partial charge in [-0.3, -0.25) is 4.79 Å². The Kier molecular flexibility index (Phi) is 2.06. The molecule has 0 N–H and O–H groups in total. The maximum atomic E-state index is 11.3. The first-order valence-corrected chi connectivity index (χ1v) is 4.95. The Labute approximate surface area is 84.5 Å². The van der Waals surface area contributed by atoms with E-state index in [9.17, 15) is 4.79 Å². The molecule has 74 valence electrons. The van der Waals surface area contributed by atoms with E-state index in [1.807, 2.05) is 12.1 Å². The summed E-state index contributed by atoms with van der Waals surface area (Å²) in [5, 5.41) is 0. The molecule has 0 radical (unpaired) electrons. The molecule has 1 heterocycles. The average molecular weight is 189 g/mol. The molecule has 14 heavy (non-hydrogen) atoms. The number of carbonyl (C=O) groups is 1. The van der Waals surface area contributed by atoms with Gasteiger partial charge in [0.05, 0.1) is 0 Å². The van der Waals surface area contributed by atoms with Gasteiger partial charge >= 0.3 is 0 Å². The largest absolute Gasteiger partial charge is 0.374 e. The molecule has 0 saturated heterocycles. The van der Waals surface area contributed by atoms with Crippen molar-refractivity contribution in [1.29, 1.82) is 0 Å². The SMILES string of the molecule is CC(=O)c1cc(C)c2c(c1)CCN2C. The number of anilines is 1. The van der Waals surface area contributed by atoms with Gasteiger partial charge in [0.15, 0.2) is 5.78 Å². The highest BCUT2D eigenvalue weighted by Gasteiger charge is 2.19. The molecule has 1 aliphatic heterocycles. The van der Waals surface area contributed by atoms with E-state index >= 15 is 0 Å². The van der Waals surface area contributed by atoms with E-state index in [-0.39, 0.29) is 5.78 Å². The van der Waals surface area contributed by atoms with Crippen molar-refractivity contribution in [2.75, 3.05) is 18.5 Å². The molecule has 0 atom stereocenters. The third-order valence-corrected chi connectivity index (χ3v) is 2.88. The fourth-order valence-corrected chi connectivity index (χ4v) is 2.19. The van der Waals surface area contributed by atoms with Crippen molar-refractivity contribution < 1.29 is 4.79 Å². The zero-order valence-electron chi connectivity index (χ0n) is 8.92. The summed E-state index contributed by atoms with van der Waals surface area (Å²) in [7, 11) is 2.10. The summed E-state index contributed by atoms with van der Waals surface area (Å²) in [5.41, 5.74) is 4.69. The van der Waals surface area contributed by atoms with Crippen molar-refractivity contribution in [2.24, 2.45) is 0 Å². The number of ketones is 1. The second kappa shape index (κ2) is 3.12. The van der Waals surface area contributed by atoms with Crippen LogP contribution in [0.2, 0.25) is 0 Å². The number of Topliss-reactive ketones (excluding diaryl/α,β-unsaturated/α-hetero) is 1. The van der Waals surface area contributed by atoms with Gasteiger partial charge in [-0.2, -0.15) is 0 Å². The van der Waals surface area contributed by atoms with E-state index in [0.29, 0.717) is 0 Å². The predicted octanol–water partition coefficient (Wildman–Crippen LogP) is 2.19. The molecular weight excluding hydrogens is 174 g/mol. The van der Waals surface area contributed by atoms with Gasteiger partial charge in [-0.25, -0.2) is 0 Å². The van der Waals surface area contributed by atoms with E-state index in [4.69, 9.17) is 0 Å². The molecular formula is C12H15NO. The van der Waals surface area contributed by atoms with Gasteiger partial charge in [-0.15, -0.1) is 0 Å². The number of aryl methyl sites for hydroxylation is 1. The van der Waals surface area contributed by atoms with Gasteiger partial charge in [0.25, 0.3) is 0 Å². The van der Waals surface area contributed by atoms with E-state index in [2.05, 4.69) is 18.9 Å². The lowest BCUT2D eigenvalue weighted by molar-refractivity contribution is 0.101. The van der Waals surface area contributed by atoms with Crippen LogP contribution in [0.25, 0.3) is 0 Å². The second-order valence-corrected chi connectivity index (χ2v) is 4.03. The quantitative estimate of drug-likeness (QED) is 0.631. The molecule has 0 unspecified atom stereocenters. The van der Waals surface area contributed by atoms with E-state index in [1.54, 1.807) is 6.92 Å². The first-order chi connectivity index (χ1) is 6.59. The van der Waals surface area contributed by atoms with Crippen molar-refractivity contribution in [2.45, 2.75) is 20.3 Å². The molecule has 0 amide bonds. The fraction of sp³-hybridized carbons (Fsp3) is 0.417.